The summed E-state index contributed by atoms with van der Waals surface area (Å²) in [6.07, 6.45) is 17.4. The predicted octanol–water partition coefficient (Wildman–Crippen LogP) is 4.85. The molecular formula is C15H28O3. The van der Waals surface area contributed by atoms with Gasteiger partial charge in [0.25, 0.3) is 5.97 Å². The summed E-state index contributed by atoms with van der Waals surface area (Å²) < 4.78 is 0. The van der Waals surface area contributed by atoms with Crippen LogP contribution in [0.5, 0.6) is 0 Å². The lowest BCUT2D eigenvalue weighted by Gasteiger charge is -1.93. The molecule has 0 aromatic carbocycles. The summed E-state index contributed by atoms with van der Waals surface area (Å²) in [5.74, 6) is -0.833. The first-order valence-corrected chi connectivity index (χ1v) is 6.78. The van der Waals surface area contributed by atoms with Gasteiger partial charge in [0.05, 0.1) is 6.26 Å². The van der Waals surface area contributed by atoms with Crippen molar-refractivity contribution < 1.29 is 15.0 Å². The van der Waals surface area contributed by atoms with Crippen molar-refractivity contribution in [2.45, 2.75) is 65.2 Å². The van der Waals surface area contributed by atoms with Gasteiger partial charge < -0.3 is 10.2 Å². The fraction of sp³-hybridized carbons (Fsp3) is 0.667. The van der Waals surface area contributed by atoms with E-state index in [1.165, 1.54) is 44.9 Å². The lowest BCUT2D eigenvalue weighted by molar-refractivity contribution is -0.134. The Labute approximate surface area is 111 Å². The van der Waals surface area contributed by atoms with Gasteiger partial charge in [-0.1, -0.05) is 38.0 Å². The molecule has 3 nitrogen and oxygen atoms in total. The van der Waals surface area contributed by atoms with Gasteiger partial charge in [0.1, 0.15) is 0 Å². The summed E-state index contributed by atoms with van der Waals surface area (Å²) in [4.78, 5) is 9.00. The Kier molecular flexibility index (Phi) is 19.2. The van der Waals surface area contributed by atoms with Crippen molar-refractivity contribution in [2.24, 2.45) is 0 Å². The number of carboxylic acids is 1. The average molecular weight is 256 g/mol. The number of aliphatic hydroxyl groups excluding tert-OH is 1. The monoisotopic (exact) mass is 256 g/mol. The van der Waals surface area contributed by atoms with E-state index in [1.54, 1.807) is 0 Å². The zero-order valence-corrected chi connectivity index (χ0v) is 11.8. The highest BCUT2D eigenvalue weighted by Gasteiger charge is 1.84. The van der Waals surface area contributed by atoms with Gasteiger partial charge in [-0.2, -0.15) is 0 Å². The molecule has 0 heterocycles. The molecule has 0 aliphatic rings. The summed E-state index contributed by atoms with van der Waals surface area (Å²) >= 11 is 0. The highest BCUT2D eigenvalue weighted by Crippen LogP contribution is 2.04. The van der Waals surface area contributed by atoms with Gasteiger partial charge in [-0.05, 0) is 38.5 Å². The Bertz CT molecular complexity index is 216. The molecule has 2 N–H and O–H groups in total. The first-order chi connectivity index (χ1) is 8.65. The smallest absolute Gasteiger partial charge is 0.300 e. The van der Waals surface area contributed by atoms with Gasteiger partial charge in [0.15, 0.2) is 0 Å². The zero-order valence-electron chi connectivity index (χ0n) is 11.8. The van der Waals surface area contributed by atoms with Gasteiger partial charge in [-0.25, -0.2) is 0 Å². The van der Waals surface area contributed by atoms with E-state index in [0.29, 0.717) is 0 Å². The second-order valence-corrected chi connectivity index (χ2v) is 4.16. The van der Waals surface area contributed by atoms with Crippen LogP contribution in [-0.2, 0) is 4.79 Å². The topological polar surface area (TPSA) is 57.5 Å². The van der Waals surface area contributed by atoms with Crippen molar-refractivity contribution >= 4 is 5.97 Å². The minimum atomic E-state index is -0.833. The van der Waals surface area contributed by atoms with Crippen LogP contribution in [0.4, 0.5) is 0 Å². The van der Waals surface area contributed by atoms with Crippen LogP contribution in [0.2, 0.25) is 0 Å². The molecule has 0 saturated carbocycles. The molecule has 0 unspecified atom stereocenters. The normalized spacial score (nSPS) is 10.6. The highest BCUT2D eigenvalue weighted by atomic mass is 16.4. The van der Waals surface area contributed by atoms with Crippen LogP contribution in [0.1, 0.15) is 65.2 Å². The Morgan fingerprint density at radius 3 is 1.72 bits per heavy atom. The lowest BCUT2D eigenvalue weighted by Crippen LogP contribution is -1.78. The molecule has 106 valence electrons. The molecule has 0 aliphatic heterocycles. The summed E-state index contributed by atoms with van der Waals surface area (Å²) in [5.41, 5.74) is 0. The van der Waals surface area contributed by atoms with Gasteiger partial charge >= 0.3 is 0 Å². The van der Waals surface area contributed by atoms with E-state index in [-0.39, 0.29) is 0 Å². The van der Waals surface area contributed by atoms with Crippen LogP contribution >= 0.6 is 0 Å². The van der Waals surface area contributed by atoms with Crippen molar-refractivity contribution in [3.05, 3.63) is 24.5 Å². The Hall–Kier alpha value is -1.25. The van der Waals surface area contributed by atoms with Gasteiger partial charge in [0.2, 0.25) is 0 Å². The molecular weight excluding hydrogens is 228 g/mol. The summed E-state index contributed by atoms with van der Waals surface area (Å²) in [6, 6.07) is 0. The summed E-state index contributed by atoms with van der Waals surface area (Å²) in [7, 11) is 0. The molecule has 18 heavy (non-hydrogen) atoms. The minimum Gasteiger partial charge on any atom is -0.516 e. The van der Waals surface area contributed by atoms with Crippen molar-refractivity contribution in [3.63, 3.8) is 0 Å². The van der Waals surface area contributed by atoms with Gasteiger partial charge in [0, 0.05) is 6.92 Å². The second-order valence-electron chi connectivity index (χ2n) is 4.16. The van der Waals surface area contributed by atoms with E-state index < -0.39 is 5.97 Å². The number of allylic oxidation sites excluding steroid dienone is 3. The predicted molar refractivity (Wildman–Crippen MR) is 76.8 cm³/mol. The molecule has 0 amide bonds. The molecule has 0 spiro atoms. The lowest BCUT2D eigenvalue weighted by atomic mass is 10.1. The third-order valence-electron chi connectivity index (χ3n) is 2.24. The van der Waals surface area contributed by atoms with Crippen LogP contribution in [0.15, 0.2) is 24.5 Å². The fourth-order valence-corrected chi connectivity index (χ4v) is 1.35. The Morgan fingerprint density at radius 2 is 1.33 bits per heavy atom. The van der Waals surface area contributed by atoms with E-state index in [9.17, 15) is 0 Å². The Balaban J connectivity index is 0. The van der Waals surface area contributed by atoms with E-state index in [0.717, 1.165) is 19.6 Å². The van der Waals surface area contributed by atoms with Crippen molar-refractivity contribution in [2.75, 3.05) is 0 Å². The summed E-state index contributed by atoms with van der Waals surface area (Å²) in [6.45, 7) is 3.32. The number of carbonyl (C=O) groups is 1. The maximum atomic E-state index is 9.00. The standard InChI is InChI=1S/C13H24O.C2H4O2/c1-2-3-4-5-6-7-8-9-10-11-12-13-14;1-2(3)4/h6-7,12-14H,2-5,8-11H2,1H3;1H3,(H,3,4)/b7-6-,13-12-;. The molecule has 0 radical (unpaired) electrons. The number of unbranched alkanes of at least 4 members (excludes halogenated alkanes) is 6. The average Bonchev–Trinajstić information content (AvgIpc) is 2.31. The SMILES string of the molecule is CC(=O)O.CCCCC/C=C\CCCC/C=C\O. The van der Waals surface area contributed by atoms with Crippen molar-refractivity contribution in [3.8, 4) is 0 Å². The summed E-state index contributed by atoms with van der Waals surface area (Å²) in [5, 5.41) is 15.8. The second kappa shape index (κ2) is 18.1. The van der Waals surface area contributed by atoms with Crippen LogP contribution in [-0.4, -0.2) is 16.2 Å². The number of aliphatic hydroxyl groups is 1. The van der Waals surface area contributed by atoms with E-state index >= 15 is 0 Å². The molecule has 0 aromatic heterocycles. The molecule has 0 aliphatic carbocycles. The number of hydrogen-bond acceptors (Lipinski definition) is 2. The van der Waals surface area contributed by atoms with E-state index in [4.69, 9.17) is 15.0 Å². The van der Waals surface area contributed by atoms with E-state index in [2.05, 4.69) is 19.1 Å². The fourth-order valence-electron chi connectivity index (χ4n) is 1.35. The van der Waals surface area contributed by atoms with Crippen LogP contribution < -0.4 is 0 Å². The van der Waals surface area contributed by atoms with Crippen molar-refractivity contribution in [1.29, 1.82) is 0 Å². The molecule has 0 atom stereocenters. The third-order valence-corrected chi connectivity index (χ3v) is 2.24. The third kappa shape index (κ3) is 29.3. The van der Waals surface area contributed by atoms with E-state index in [1.807, 2.05) is 6.08 Å². The first-order valence-electron chi connectivity index (χ1n) is 6.78. The first kappa shape index (κ1) is 19.1. The van der Waals surface area contributed by atoms with Gasteiger partial charge in [-0.3, -0.25) is 4.79 Å². The van der Waals surface area contributed by atoms with Crippen LogP contribution in [0.3, 0.4) is 0 Å². The minimum absolute atomic E-state index is 0.833. The van der Waals surface area contributed by atoms with Gasteiger partial charge in [-0.15, -0.1) is 0 Å². The largest absolute Gasteiger partial charge is 0.516 e. The highest BCUT2D eigenvalue weighted by molar-refractivity contribution is 5.62. The molecule has 0 saturated heterocycles. The maximum Gasteiger partial charge on any atom is 0.300 e. The molecule has 0 fully saturated rings. The molecule has 0 bridgehead atoms. The number of hydrogen-bond donors (Lipinski definition) is 2. The van der Waals surface area contributed by atoms with Crippen LogP contribution in [0, 0.1) is 0 Å². The Morgan fingerprint density at radius 1 is 0.944 bits per heavy atom. The number of carboxylic acid groups (broad SMARTS) is 1. The number of aliphatic carboxylic acids is 1. The number of rotatable bonds is 9. The maximum absolute atomic E-state index is 9.00. The van der Waals surface area contributed by atoms with Crippen molar-refractivity contribution in [1.82, 2.24) is 0 Å². The molecule has 3 heteroatoms. The zero-order chi connectivity index (χ0) is 14.1. The van der Waals surface area contributed by atoms with Crippen LogP contribution in [0.25, 0.3) is 0 Å². The molecule has 0 aromatic rings. The molecule has 0 rings (SSSR count). The quantitative estimate of drug-likeness (QED) is 0.352.